The van der Waals surface area contributed by atoms with E-state index in [4.69, 9.17) is 15.7 Å². The van der Waals surface area contributed by atoms with Crippen LogP contribution in [0.25, 0.3) is 0 Å². The van der Waals surface area contributed by atoms with Crippen LogP contribution in [0.1, 0.15) is 25.3 Å². The molecule has 0 aromatic heterocycles. The molecule has 1 aliphatic heterocycles. The van der Waals surface area contributed by atoms with Crippen LogP contribution in [-0.2, 0) is 16.4 Å². The molecule has 1 aromatic rings. The number of nitrogens with two attached hydrogens (primary N) is 1. The third kappa shape index (κ3) is 2.96. The van der Waals surface area contributed by atoms with E-state index in [1.807, 2.05) is 6.07 Å². The highest BCUT2D eigenvalue weighted by molar-refractivity contribution is 7.89. The van der Waals surface area contributed by atoms with Gasteiger partial charge in [0, 0.05) is 18.8 Å². The van der Waals surface area contributed by atoms with E-state index in [9.17, 15) is 8.42 Å². The van der Waals surface area contributed by atoms with Crippen molar-refractivity contribution < 1.29 is 13.2 Å². The van der Waals surface area contributed by atoms with Crippen molar-refractivity contribution in [1.29, 1.82) is 5.26 Å². The zero-order valence-corrected chi connectivity index (χ0v) is 13.0. The molecule has 0 radical (unpaired) electrons. The van der Waals surface area contributed by atoms with Crippen LogP contribution >= 0.6 is 0 Å². The first-order chi connectivity index (χ1) is 9.87. The number of hydrogen-bond donors (Lipinski definition) is 1. The lowest BCUT2D eigenvalue weighted by Crippen LogP contribution is -2.35. The van der Waals surface area contributed by atoms with E-state index < -0.39 is 16.1 Å². The number of rotatable bonds is 4. The molecule has 2 rings (SSSR count). The van der Waals surface area contributed by atoms with Crippen LogP contribution < -0.4 is 10.5 Å². The summed E-state index contributed by atoms with van der Waals surface area (Å²) in [5.41, 5.74) is 7.05. The van der Waals surface area contributed by atoms with Gasteiger partial charge in [0.1, 0.15) is 10.6 Å². The van der Waals surface area contributed by atoms with Crippen molar-refractivity contribution >= 4 is 15.7 Å². The Bertz CT molecular complexity index is 679. The summed E-state index contributed by atoms with van der Waals surface area (Å²) in [6.07, 6.45) is 1.72. The second-order valence-electron chi connectivity index (χ2n) is 5.19. The molecule has 0 amide bonds. The summed E-state index contributed by atoms with van der Waals surface area (Å²) in [5, 5.41) is 8.74. The summed E-state index contributed by atoms with van der Waals surface area (Å²) in [4.78, 5) is 0.0875. The van der Waals surface area contributed by atoms with Gasteiger partial charge < -0.3 is 10.5 Å². The summed E-state index contributed by atoms with van der Waals surface area (Å²) in [6.45, 7) is 2.19. The topological polar surface area (TPSA) is 96.4 Å². The number of anilines is 1. The zero-order chi connectivity index (χ0) is 15.6. The van der Waals surface area contributed by atoms with Crippen molar-refractivity contribution in [3.8, 4) is 11.8 Å². The van der Waals surface area contributed by atoms with Gasteiger partial charge in [0.05, 0.1) is 19.1 Å². The molecule has 0 aliphatic carbocycles. The average molecular weight is 309 g/mol. The molecule has 1 heterocycles. The second kappa shape index (κ2) is 5.92. The van der Waals surface area contributed by atoms with Crippen LogP contribution in [0.15, 0.2) is 17.0 Å². The van der Waals surface area contributed by atoms with Gasteiger partial charge in [0.2, 0.25) is 10.0 Å². The SMILES string of the molecule is CC(CC#N)N(C)S(=O)(=O)c1cc(N)cc2c1OCCC2. The molecular weight excluding hydrogens is 290 g/mol. The molecule has 0 saturated carbocycles. The summed E-state index contributed by atoms with van der Waals surface area (Å²) >= 11 is 0. The summed E-state index contributed by atoms with van der Waals surface area (Å²) in [6, 6.07) is 4.75. The highest BCUT2D eigenvalue weighted by Crippen LogP contribution is 2.36. The summed E-state index contributed by atoms with van der Waals surface area (Å²) in [5.74, 6) is 0.395. The van der Waals surface area contributed by atoms with Gasteiger partial charge in [-0.3, -0.25) is 0 Å². The molecule has 0 fully saturated rings. The zero-order valence-electron chi connectivity index (χ0n) is 12.2. The fourth-order valence-corrected chi connectivity index (χ4v) is 3.88. The maximum Gasteiger partial charge on any atom is 0.246 e. The van der Waals surface area contributed by atoms with Crippen molar-refractivity contribution in [2.75, 3.05) is 19.4 Å². The van der Waals surface area contributed by atoms with E-state index in [-0.39, 0.29) is 11.3 Å². The Balaban J connectivity index is 2.50. The van der Waals surface area contributed by atoms with Gasteiger partial charge in [-0.2, -0.15) is 9.57 Å². The molecule has 1 aromatic carbocycles. The Kier molecular flexibility index (Phi) is 4.40. The molecule has 0 bridgehead atoms. The van der Waals surface area contributed by atoms with Gasteiger partial charge in [-0.1, -0.05) is 0 Å². The van der Waals surface area contributed by atoms with Crippen LogP contribution in [0.2, 0.25) is 0 Å². The fraction of sp³-hybridized carbons (Fsp3) is 0.500. The Morgan fingerprint density at radius 3 is 2.90 bits per heavy atom. The van der Waals surface area contributed by atoms with Crippen molar-refractivity contribution in [2.24, 2.45) is 0 Å². The van der Waals surface area contributed by atoms with E-state index in [2.05, 4.69) is 0 Å². The molecule has 1 aliphatic rings. The number of nitriles is 1. The van der Waals surface area contributed by atoms with Crippen molar-refractivity contribution in [3.63, 3.8) is 0 Å². The smallest absolute Gasteiger partial charge is 0.246 e. The Hall–Kier alpha value is -1.78. The third-order valence-corrected chi connectivity index (χ3v) is 5.63. The monoisotopic (exact) mass is 309 g/mol. The molecule has 0 saturated heterocycles. The van der Waals surface area contributed by atoms with Crippen LogP contribution in [-0.4, -0.2) is 32.4 Å². The van der Waals surface area contributed by atoms with Gasteiger partial charge in [-0.25, -0.2) is 8.42 Å². The minimum Gasteiger partial charge on any atom is -0.492 e. The maximum absolute atomic E-state index is 12.8. The van der Waals surface area contributed by atoms with Gasteiger partial charge in [-0.15, -0.1) is 0 Å². The Morgan fingerprint density at radius 1 is 1.52 bits per heavy atom. The molecular formula is C14H19N3O3S. The molecule has 0 spiro atoms. The number of fused-ring (bicyclic) bond motifs is 1. The number of ether oxygens (including phenoxy) is 1. The minimum absolute atomic E-state index is 0.0875. The maximum atomic E-state index is 12.8. The van der Waals surface area contributed by atoms with Crippen LogP contribution in [0.4, 0.5) is 5.69 Å². The van der Waals surface area contributed by atoms with Gasteiger partial charge in [0.25, 0.3) is 0 Å². The molecule has 1 atom stereocenters. The highest BCUT2D eigenvalue weighted by atomic mass is 32.2. The number of hydrogen-bond acceptors (Lipinski definition) is 5. The van der Waals surface area contributed by atoms with Crippen LogP contribution in [0, 0.1) is 11.3 Å². The van der Waals surface area contributed by atoms with E-state index in [0.717, 1.165) is 18.4 Å². The van der Waals surface area contributed by atoms with Gasteiger partial charge in [0.15, 0.2) is 0 Å². The summed E-state index contributed by atoms with van der Waals surface area (Å²) in [7, 11) is -2.28. The lowest BCUT2D eigenvalue weighted by Gasteiger charge is -2.26. The number of benzene rings is 1. The van der Waals surface area contributed by atoms with Crippen molar-refractivity contribution in [2.45, 2.75) is 37.1 Å². The quantitative estimate of drug-likeness (QED) is 0.850. The standard InChI is InChI=1S/C14H19N3O3S/c1-10(5-6-15)17(2)21(18,19)13-9-12(16)8-11-4-3-7-20-14(11)13/h8-10H,3-5,7,16H2,1-2H3. The lowest BCUT2D eigenvalue weighted by atomic mass is 10.1. The van der Waals surface area contributed by atoms with Crippen LogP contribution in [0.5, 0.6) is 5.75 Å². The van der Waals surface area contributed by atoms with Crippen molar-refractivity contribution in [1.82, 2.24) is 4.31 Å². The molecule has 21 heavy (non-hydrogen) atoms. The Labute approximate surface area is 125 Å². The number of sulfonamides is 1. The van der Waals surface area contributed by atoms with Gasteiger partial charge in [-0.05, 0) is 37.5 Å². The predicted octanol–water partition coefficient (Wildman–Crippen LogP) is 1.52. The number of aryl methyl sites for hydroxylation is 1. The molecule has 6 nitrogen and oxygen atoms in total. The number of nitrogen functional groups attached to an aromatic ring is 1. The third-order valence-electron chi connectivity index (χ3n) is 3.66. The molecule has 1 unspecified atom stereocenters. The van der Waals surface area contributed by atoms with Crippen LogP contribution in [0.3, 0.4) is 0 Å². The highest BCUT2D eigenvalue weighted by Gasteiger charge is 2.31. The molecule has 2 N–H and O–H groups in total. The van der Waals surface area contributed by atoms with E-state index >= 15 is 0 Å². The van der Waals surface area contributed by atoms with E-state index in [1.165, 1.54) is 17.4 Å². The second-order valence-corrected chi connectivity index (χ2v) is 7.16. The molecule has 7 heteroatoms. The fourth-order valence-electron chi connectivity index (χ4n) is 2.31. The number of nitrogens with zero attached hydrogens (tertiary/aromatic N) is 2. The first-order valence-corrected chi connectivity index (χ1v) is 8.22. The normalized spacial score (nSPS) is 15.9. The lowest BCUT2D eigenvalue weighted by molar-refractivity contribution is 0.279. The Morgan fingerprint density at radius 2 is 2.24 bits per heavy atom. The average Bonchev–Trinajstić information content (AvgIpc) is 2.45. The summed E-state index contributed by atoms with van der Waals surface area (Å²) < 4.78 is 32.3. The first kappa shape index (κ1) is 15.6. The predicted molar refractivity (Wildman–Crippen MR) is 79.3 cm³/mol. The minimum atomic E-state index is -3.75. The van der Waals surface area contributed by atoms with Gasteiger partial charge >= 0.3 is 0 Å². The van der Waals surface area contributed by atoms with E-state index in [1.54, 1.807) is 13.0 Å². The molecule has 114 valence electrons. The largest absolute Gasteiger partial charge is 0.492 e. The van der Waals surface area contributed by atoms with Crippen molar-refractivity contribution in [3.05, 3.63) is 17.7 Å². The first-order valence-electron chi connectivity index (χ1n) is 6.78. The van der Waals surface area contributed by atoms with E-state index in [0.29, 0.717) is 18.0 Å².